The Hall–Kier alpha value is -2.48. The van der Waals surface area contributed by atoms with Gasteiger partial charge in [0, 0.05) is 52.1 Å². The molecule has 0 bridgehead atoms. The molecule has 1 saturated heterocycles. The summed E-state index contributed by atoms with van der Waals surface area (Å²) in [5.74, 6) is -0.120. The molecule has 9 heteroatoms. The lowest BCUT2D eigenvalue weighted by Gasteiger charge is -2.34. The molecule has 3 N–H and O–H groups in total. The first-order chi connectivity index (χ1) is 12.3. The number of nitrogens with one attached hydrogen (secondary N) is 1. The van der Waals surface area contributed by atoms with Crippen molar-refractivity contribution in [2.45, 2.75) is 13.3 Å². The van der Waals surface area contributed by atoms with Gasteiger partial charge in [-0.15, -0.1) is 0 Å². The van der Waals surface area contributed by atoms with Crippen LogP contribution in [0.25, 0.3) is 0 Å². The third-order valence-corrected chi connectivity index (χ3v) is 4.59. The maximum atomic E-state index is 12.3. The summed E-state index contributed by atoms with van der Waals surface area (Å²) in [4.78, 5) is 39.2. The molecule has 0 atom stereocenters. The van der Waals surface area contributed by atoms with Crippen LogP contribution in [0.1, 0.15) is 23.7 Å². The summed E-state index contributed by atoms with van der Waals surface area (Å²) < 4.78 is 5.15. The maximum Gasteiger partial charge on any atom is 0.255 e. The van der Waals surface area contributed by atoms with E-state index in [1.165, 1.54) is 26.2 Å². The number of benzene rings is 1. The minimum atomic E-state index is -0.391. The van der Waals surface area contributed by atoms with Gasteiger partial charge in [0.1, 0.15) is 5.75 Å². The Morgan fingerprint density at radius 2 is 1.81 bits per heavy atom. The van der Waals surface area contributed by atoms with Crippen LogP contribution in [0.15, 0.2) is 12.1 Å². The number of piperazine rings is 1. The Labute approximate surface area is 157 Å². The van der Waals surface area contributed by atoms with Gasteiger partial charge in [-0.3, -0.25) is 14.4 Å². The van der Waals surface area contributed by atoms with Crippen LogP contribution < -0.4 is 15.8 Å². The molecular weight excluding hydrogens is 360 g/mol. The lowest BCUT2D eigenvalue weighted by atomic mass is 10.1. The number of amides is 3. The van der Waals surface area contributed by atoms with E-state index in [1.807, 2.05) is 0 Å². The van der Waals surface area contributed by atoms with E-state index in [-0.39, 0.29) is 35.4 Å². The number of nitrogens with zero attached hydrogens (tertiary/aromatic N) is 2. The highest BCUT2D eigenvalue weighted by Gasteiger charge is 2.22. The fourth-order valence-corrected chi connectivity index (χ4v) is 2.89. The average Bonchev–Trinajstić information content (AvgIpc) is 2.63. The number of halogens is 1. The van der Waals surface area contributed by atoms with Crippen molar-refractivity contribution in [1.82, 2.24) is 15.1 Å². The lowest BCUT2D eigenvalue weighted by molar-refractivity contribution is -0.138. The van der Waals surface area contributed by atoms with Crippen molar-refractivity contribution >= 4 is 35.0 Å². The van der Waals surface area contributed by atoms with Gasteiger partial charge in [-0.1, -0.05) is 11.6 Å². The number of methoxy groups -OCH3 is 1. The van der Waals surface area contributed by atoms with E-state index in [9.17, 15) is 14.4 Å². The number of hydrogen-bond donors (Lipinski definition) is 2. The number of hydrogen-bond acceptors (Lipinski definition) is 5. The van der Waals surface area contributed by atoms with Gasteiger partial charge in [0.15, 0.2) is 0 Å². The fraction of sp³-hybridized carbons (Fsp3) is 0.471. The molecule has 0 aliphatic carbocycles. The van der Waals surface area contributed by atoms with Crippen LogP contribution in [0.3, 0.4) is 0 Å². The van der Waals surface area contributed by atoms with Gasteiger partial charge in [-0.05, 0) is 6.07 Å². The molecule has 3 amide bonds. The third kappa shape index (κ3) is 4.78. The molecule has 0 unspecified atom stereocenters. The highest BCUT2D eigenvalue weighted by molar-refractivity contribution is 6.33. The standard InChI is InChI=1S/C17H23ClN4O4/c1-11(23)21-5-7-22(8-6-21)16(24)3-4-20-17(25)12-9-13(18)14(19)10-15(12)26-2/h9-10H,3-8,19H2,1-2H3,(H,20,25). The van der Waals surface area contributed by atoms with Crippen molar-refractivity contribution in [2.75, 3.05) is 45.6 Å². The summed E-state index contributed by atoms with van der Waals surface area (Å²) in [6, 6.07) is 2.92. The quantitative estimate of drug-likeness (QED) is 0.731. The molecule has 1 aromatic carbocycles. The largest absolute Gasteiger partial charge is 0.496 e. The normalized spacial score (nSPS) is 14.1. The summed E-state index contributed by atoms with van der Waals surface area (Å²) in [5.41, 5.74) is 6.28. The molecule has 0 spiro atoms. The number of nitrogen functional groups attached to an aromatic ring is 1. The number of ether oxygens (including phenoxy) is 1. The SMILES string of the molecule is COc1cc(N)c(Cl)cc1C(=O)NCCC(=O)N1CCN(C(C)=O)CC1. The summed E-state index contributed by atoms with van der Waals surface area (Å²) in [5, 5.41) is 2.95. The molecule has 26 heavy (non-hydrogen) atoms. The minimum Gasteiger partial charge on any atom is -0.496 e. The van der Waals surface area contributed by atoms with Gasteiger partial charge >= 0.3 is 0 Å². The van der Waals surface area contributed by atoms with Gasteiger partial charge in [0.05, 0.1) is 23.4 Å². The van der Waals surface area contributed by atoms with Gasteiger partial charge in [-0.2, -0.15) is 0 Å². The van der Waals surface area contributed by atoms with E-state index in [1.54, 1.807) is 9.80 Å². The first-order valence-electron chi connectivity index (χ1n) is 8.28. The van der Waals surface area contributed by atoms with Gasteiger partial charge in [0.2, 0.25) is 11.8 Å². The third-order valence-electron chi connectivity index (χ3n) is 4.27. The van der Waals surface area contributed by atoms with Crippen LogP contribution in [-0.2, 0) is 9.59 Å². The van der Waals surface area contributed by atoms with E-state index in [4.69, 9.17) is 22.1 Å². The van der Waals surface area contributed by atoms with Crippen LogP contribution in [0.5, 0.6) is 5.75 Å². The molecule has 1 aliphatic rings. The molecule has 1 aromatic rings. The fourth-order valence-electron chi connectivity index (χ4n) is 2.72. The smallest absolute Gasteiger partial charge is 0.255 e. The molecule has 1 heterocycles. The van der Waals surface area contributed by atoms with Crippen LogP contribution in [0.4, 0.5) is 5.69 Å². The molecular formula is C17H23ClN4O4. The monoisotopic (exact) mass is 382 g/mol. The molecule has 0 saturated carbocycles. The molecule has 0 aromatic heterocycles. The molecule has 2 rings (SSSR count). The molecule has 8 nitrogen and oxygen atoms in total. The lowest BCUT2D eigenvalue weighted by Crippen LogP contribution is -2.50. The van der Waals surface area contributed by atoms with Crippen LogP contribution in [0, 0.1) is 0 Å². The van der Waals surface area contributed by atoms with Gasteiger partial charge in [-0.25, -0.2) is 0 Å². The maximum absolute atomic E-state index is 12.3. The van der Waals surface area contributed by atoms with E-state index in [2.05, 4.69) is 5.32 Å². The summed E-state index contributed by atoms with van der Waals surface area (Å²) >= 11 is 5.96. The summed E-state index contributed by atoms with van der Waals surface area (Å²) in [7, 11) is 1.43. The van der Waals surface area contributed by atoms with Crippen molar-refractivity contribution in [3.8, 4) is 5.75 Å². The Bertz CT molecular complexity index is 702. The zero-order chi connectivity index (χ0) is 19.3. The molecule has 1 fully saturated rings. The number of rotatable bonds is 5. The Morgan fingerprint density at radius 1 is 1.19 bits per heavy atom. The molecule has 0 radical (unpaired) electrons. The average molecular weight is 383 g/mol. The van der Waals surface area contributed by atoms with Crippen LogP contribution >= 0.6 is 11.6 Å². The highest BCUT2D eigenvalue weighted by Crippen LogP contribution is 2.28. The molecule has 142 valence electrons. The van der Waals surface area contributed by atoms with Crippen molar-refractivity contribution in [1.29, 1.82) is 0 Å². The van der Waals surface area contributed by atoms with Crippen LogP contribution in [-0.4, -0.2) is 67.4 Å². The Morgan fingerprint density at radius 3 is 2.38 bits per heavy atom. The Balaban J connectivity index is 1.84. The van der Waals surface area contributed by atoms with E-state index in [0.29, 0.717) is 37.6 Å². The van der Waals surface area contributed by atoms with Crippen molar-refractivity contribution in [3.05, 3.63) is 22.7 Å². The Kier molecular flexibility index (Phi) is 6.68. The van der Waals surface area contributed by atoms with E-state index in [0.717, 1.165) is 0 Å². The predicted octanol–water partition coefficient (Wildman–Crippen LogP) is 0.741. The zero-order valence-corrected chi connectivity index (χ0v) is 15.6. The highest BCUT2D eigenvalue weighted by atomic mass is 35.5. The second-order valence-electron chi connectivity index (χ2n) is 5.97. The van der Waals surface area contributed by atoms with Gasteiger partial charge < -0.3 is 25.6 Å². The second kappa shape index (κ2) is 8.75. The first kappa shape index (κ1) is 19.8. The predicted molar refractivity (Wildman–Crippen MR) is 98.2 cm³/mol. The van der Waals surface area contributed by atoms with Crippen LogP contribution in [0.2, 0.25) is 5.02 Å². The topological polar surface area (TPSA) is 105 Å². The van der Waals surface area contributed by atoms with E-state index < -0.39 is 5.91 Å². The number of carbonyl (C=O) groups is 3. The number of nitrogens with two attached hydrogens (primary N) is 1. The van der Waals surface area contributed by atoms with E-state index >= 15 is 0 Å². The van der Waals surface area contributed by atoms with Crippen molar-refractivity contribution in [2.24, 2.45) is 0 Å². The first-order valence-corrected chi connectivity index (χ1v) is 8.65. The number of carbonyl (C=O) groups excluding carboxylic acids is 3. The minimum absolute atomic E-state index is 0.0143. The molecule has 1 aliphatic heterocycles. The summed E-state index contributed by atoms with van der Waals surface area (Å²) in [6.07, 6.45) is 0.177. The van der Waals surface area contributed by atoms with Gasteiger partial charge in [0.25, 0.3) is 5.91 Å². The summed E-state index contributed by atoms with van der Waals surface area (Å²) in [6.45, 7) is 3.80. The van der Waals surface area contributed by atoms with Crippen molar-refractivity contribution in [3.63, 3.8) is 0 Å². The zero-order valence-electron chi connectivity index (χ0n) is 14.9. The second-order valence-corrected chi connectivity index (χ2v) is 6.37. The number of anilines is 1. The van der Waals surface area contributed by atoms with Crippen molar-refractivity contribution < 1.29 is 19.1 Å².